The zero-order valence-corrected chi connectivity index (χ0v) is 7.18. The maximum Gasteiger partial charge on any atom is 0.0993 e. The van der Waals surface area contributed by atoms with Gasteiger partial charge in [0.15, 0.2) is 0 Å². The second kappa shape index (κ2) is 6.94. The molecule has 0 spiro atoms. The molecule has 2 unspecified atom stereocenters. The predicted molar refractivity (Wildman–Crippen MR) is 46.7 cm³/mol. The van der Waals surface area contributed by atoms with Gasteiger partial charge >= 0.3 is 0 Å². The summed E-state index contributed by atoms with van der Waals surface area (Å²) in [6.07, 6.45) is 3.01. The number of rotatable bonds is 6. The third-order valence-electron chi connectivity index (χ3n) is 1.76. The van der Waals surface area contributed by atoms with Gasteiger partial charge in [-0.05, 0) is 6.42 Å². The summed E-state index contributed by atoms with van der Waals surface area (Å²) in [5.74, 6) is -0.145. The lowest BCUT2D eigenvalue weighted by Gasteiger charge is -2.14. The Kier molecular flexibility index (Phi) is 6.51. The van der Waals surface area contributed by atoms with Crippen molar-refractivity contribution in [3.05, 3.63) is 17.1 Å². The Balaban J connectivity index is 3.81. The summed E-state index contributed by atoms with van der Waals surface area (Å²) in [6.45, 7) is 1.91. The van der Waals surface area contributed by atoms with Gasteiger partial charge in [0.2, 0.25) is 0 Å². The van der Waals surface area contributed by atoms with E-state index in [1.54, 1.807) is 0 Å². The highest BCUT2D eigenvalue weighted by atomic mass is 16.3. The Bertz CT molecular complexity index is 143. The summed E-state index contributed by atoms with van der Waals surface area (Å²) < 4.78 is 0. The first-order valence-electron chi connectivity index (χ1n) is 4.01. The number of aliphatic hydroxyl groups is 2. The van der Waals surface area contributed by atoms with Crippen molar-refractivity contribution in [1.29, 1.82) is 0 Å². The van der Waals surface area contributed by atoms with E-state index >= 15 is 0 Å². The summed E-state index contributed by atoms with van der Waals surface area (Å²) >= 11 is 0. The average Bonchev–Trinajstić information content (AvgIpc) is 2.07. The molecule has 0 fully saturated rings. The number of hydrogen-bond donors (Lipinski definition) is 2. The normalized spacial score (nSPS) is 16.2. The quantitative estimate of drug-likeness (QED) is 0.458. The standard InChI is InChI=1S/C8H15NO3/c1-2-7(6-10)8(11)4-3-5-9-12/h3-4,7-8,10-11H,2,5-6H2,1H3/b4-3+. The fourth-order valence-electron chi connectivity index (χ4n) is 0.879. The predicted octanol–water partition coefficient (Wildman–Crippen LogP) is 0.688. The highest BCUT2D eigenvalue weighted by Gasteiger charge is 2.12. The Morgan fingerprint density at radius 3 is 2.67 bits per heavy atom. The van der Waals surface area contributed by atoms with Crippen molar-refractivity contribution in [3.8, 4) is 0 Å². The molecule has 70 valence electrons. The number of nitrogens with zero attached hydrogens (tertiary/aromatic N) is 1. The molecule has 0 aliphatic carbocycles. The Labute approximate surface area is 71.9 Å². The first kappa shape index (κ1) is 11.3. The van der Waals surface area contributed by atoms with Crippen LogP contribution in [-0.2, 0) is 0 Å². The van der Waals surface area contributed by atoms with Crippen molar-refractivity contribution in [2.75, 3.05) is 13.2 Å². The van der Waals surface area contributed by atoms with Crippen molar-refractivity contribution in [2.45, 2.75) is 19.4 Å². The summed E-state index contributed by atoms with van der Waals surface area (Å²) in [4.78, 5) is 9.66. The lowest BCUT2D eigenvalue weighted by atomic mass is 10.0. The van der Waals surface area contributed by atoms with Crippen molar-refractivity contribution in [1.82, 2.24) is 0 Å². The summed E-state index contributed by atoms with van der Waals surface area (Å²) in [5, 5.41) is 20.7. The maximum absolute atomic E-state index is 9.66. The van der Waals surface area contributed by atoms with Gasteiger partial charge in [-0.25, -0.2) is 0 Å². The lowest BCUT2D eigenvalue weighted by molar-refractivity contribution is 0.0980. The van der Waals surface area contributed by atoms with E-state index in [0.717, 1.165) is 0 Å². The van der Waals surface area contributed by atoms with Crippen LogP contribution in [0.1, 0.15) is 13.3 Å². The van der Waals surface area contributed by atoms with Crippen molar-refractivity contribution in [3.63, 3.8) is 0 Å². The van der Waals surface area contributed by atoms with Gasteiger partial charge in [0.25, 0.3) is 0 Å². The minimum atomic E-state index is -0.679. The van der Waals surface area contributed by atoms with E-state index in [4.69, 9.17) is 5.11 Å². The molecule has 2 atom stereocenters. The van der Waals surface area contributed by atoms with E-state index in [1.807, 2.05) is 6.92 Å². The van der Waals surface area contributed by atoms with E-state index in [-0.39, 0.29) is 19.1 Å². The molecule has 2 N–H and O–H groups in total. The summed E-state index contributed by atoms with van der Waals surface area (Å²) in [5.41, 5.74) is 0. The molecule has 4 nitrogen and oxygen atoms in total. The van der Waals surface area contributed by atoms with Crippen LogP contribution >= 0.6 is 0 Å². The number of hydrogen-bond acceptors (Lipinski definition) is 4. The molecule has 0 aromatic carbocycles. The molecular formula is C8H15NO3. The third-order valence-corrected chi connectivity index (χ3v) is 1.76. The second-order valence-electron chi connectivity index (χ2n) is 2.58. The fourth-order valence-corrected chi connectivity index (χ4v) is 0.879. The monoisotopic (exact) mass is 173 g/mol. The molecule has 0 heterocycles. The molecular weight excluding hydrogens is 158 g/mol. The van der Waals surface area contributed by atoms with Crippen LogP contribution in [0.2, 0.25) is 0 Å². The van der Waals surface area contributed by atoms with Gasteiger partial charge in [0.05, 0.1) is 12.6 Å². The summed E-state index contributed by atoms with van der Waals surface area (Å²) in [6, 6.07) is 0. The average molecular weight is 173 g/mol. The first-order chi connectivity index (χ1) is 5.76. The van der Waals surface area contributed by atoms with Gasteiger partial charge in [-0.15, -0.1) is 0 Å². The molecule has 0 aliphatic rings. The molecule has 0 amide bonds. The lowest BCUT2D eigenvalue weighted by Crippen LogP contribution is -2.20. The number of nitroso groups, excluding NO2 is 1. The smallest absolute Gasteiger partial charge is 0.0993 e. The SMILES string of the molecule is CCC(CO)C(O)/C=C/CN=O. The molecule has 0 aromatic heterocycles. The fraction of sp³-hybridized carbons (Fsp3) is 0.750. The zero-order valence-electron chi connectivity index (χ0n) is 7.18. The summed E-state index contributed by atoms with van der Waals surface area (Å²) in [7, 11) is 0. The zero-order chi connectivity index (χ0) is 9.40. The van der Waals surface area contributed by atoms with Crippen LogP contribution in [0.3, 0.4) is 0 Å². The van der Waals surface area contributed by atoms with Gasteiger partial charge in [0, 0.05) is 12.5 Å². The molecule has 0 bridgehead atoms. The highest BCUT2D eigenvalue weighted by molar-refractivity contribution is 4.92. The maximum atomic E-state index is 9.66. The topological polar surface area (TPSA) is 69.9 Å². The van der Waals surface area contributed by atoms with Crippen LogP contribution < -0.4 is 0 Å². The molecule has 0 saturated heterocycles. The van der Waals surface area contributed by atoms with Crippen LogP contribution in [0, 0.1) is 10.8 Å². The molecule has 0 aliphatic heterocycles. The van der Waals surface area contributed by atoms with E-state index in [0.29, 0.717) is 6.42 Å². The minimum absolute atomic E-state index is 0.0451. The third kappa shape index (κ3) is 4.20. The van der Waals surface area contributed by atoms with E-state index in [1.165, 1.54) is 12.2 Å². The van der Waals surface area contributed by atoms with Gasteiger partial charge in [-0.2, -0.15) is 4.91 Å². The van der Waals surface area contributed by atoms with Crippen molar-refractivity contribution >= 4 is 0 Å². The van der Waals surface area contributed by atoms with E-state index in [9.17, 15) is 10.0 Å². The first-order valence-corrected chi connectivity index (χ1v) is 4.01. The van der Waals surface area contributed by atoms with Crippen LogP contribution in [-0.4, -0.2) is 29.5 Å². The van der Waals surface area contributed by atoms with Gasteiger partial charge in [-0.1, -0.05) is 24.3 Å². The van der Waals surface area contributed by atoms with E-state index in [2.05, 4.69) is 5.18 Å². The second-order valence-corrected chi connectivity index (χ2v) is 2.58. The minimum Gasteiger partial charge on any atom is -0.396 e. The Hall–Kier alpha value is -0.740. The largest absolute Gasteiger partial charge is 0.396 e. The molecule has 0 rings (SSSR count). The van der Waals surface area contributed by atoms with Crippen LogP contribution in [0.15, 0.2) is 17.3 Å². The molecule has 4 heteroatoms. The molecule has 0 aromatic rings. The number of aliphatic hydroxyl groups excluding tert-OH is 2. The molecule has 0 saturated carbocycles. The van der Waals surface area contributed by atoms with Gasteiger partial charge in [0.1, 0.15) is 0 Å². The van der Waals surface area contributed by atoms with Gasteiger partial charge < -0.3 is 10.2 Å². The van der Waals surface area contributed by atoms with Crippen LogP contribution in [0.4, 0.5) is 0 Å². The van der Waals surface area contributed by atoms with Crippen LogP contribution in [0.25, 0.3) is 0 Å². The van der Waals surface area contributed by atoms with Crippen molar-refractivity contribution < 1.29 is 10.2 Å². The Morgan fingerprint density at radius 2 is 2.25 bits per heavy atom. The highest BCUT2D eigenvalue weighted by Crippen LogP contribution is 2.08. The molecule has 12 heavy (non-hydrogen) atoms. The van der Waals surface area contributed by atoms with E-state index < -0.39 is 6.10 Å². The molecule has 0 radical (unpaired) electrons. The Morgan fingerprint density at radius 1 is 1.58 bits per heavy atom. The van der Waals surface area contributed by atoms with Gasteiger partial charge in [-0.3, -0.25) is 0 Å². The van der Waals surface area contributed by atoms with Crippen LogP contribution in [0.5, 0.6) is 0 Å². The van der Waals surface area contributed by atoms with Crippen molar-refractivity contribution in [2.24, 2.45) is 11.1 Å².